The van der Waals surface area contributed by atoms with Gasteiger partial charge in [-0.25, -0.2) is 0 Å². The highest BCUT2D eigenvalue weighted by Gasteiger charge is 2.17. The highest BCUT2D eigenvalue weighted by atomic mass is 35.5. The quantitative estimate of drug-likeness (QED) is 0.659. The molecule has 0 radical (unpaired) electrons. The number of carbonyl (C=O) groups excluding carboxylic acids is 1. The monoisotopic (exact) mass is 386 g/mol. The van der Waals surface area contributed by atoms with Gasteiger partial charge in [0, 0.05) is 29.1 Å². The van der Waals surface area contributed by atoms with Crippen molar-refractivity contribution in [3.05, 3.63) is 64.4 Å². The van der Waals surface area contributed by atoms with Gasteiger partial charge in [0.05, 0.1) is 0 Å². The molecule has 142 valence electrons. The van der Waals surface area contributed by atoms with Gasteiger partial charge in [-0.2, -0.15) is 0 Å². The van der Waals surface area contributed by atoms with E-state index in [9.17, 15) is 4.79 Å². The molecule has 0 saturated carbocycles. The average molecular weight is 387 g/mol. The third-order valence-corrected chi connectivity index (χ3v) is 4.50. The Bertz CT molecular complexity index is 950. The Balaban J connectivity index is 1.65. The van der Waals surface area contributed by atoms with Gasteiger partial charge in [0.25, 0.3) is 5.91 Å². The van der Waals surface area contributed by atoms with Crippen LogP contribution in [0.1, 0.15) is 21.7 Å². The van der Waals surface area contributed by atoms with Crippen molar-refractivity contribution in [2.45, 2.75) is 13.5 Å². The number of ether oxygens (including phenoxy) is 1. The fourth-order valence-electron chi connectivity index (χ4n) is 2.76. The van der Waals surface area contributed by atoms with Gasteiger partial charge in [-0.05, 0) is 56.9 Å². The average Bonchev–Trinajstić information content (AvgIpc) is 2.96. The molecule has 3 rings (SSSR count). The van der Waals surface area contributed by atoms with Crippen LogP contribution in [-0.2, 0) is 6.54 Å². The normalized spacial score (nSPS) is 11.1. The topological polar surface area (TPSA) is 54.7 Å². The van der Waals surface area contributed by atoms with Gasteiger partial charge < -0.3 is 19.4 Å². The molecule has 0 atom stereocenters. The van der Waals surface area contributed by atoms with Gasteiger partial charge in [0.2, 0.25) is 0 Å². The van der Waals surface area contributed by atoms with Crippen LogP contribution in [0.2, 0.25) is 5.02 Å². The van der Waals surface area contributed by atoms with Gasteiger partial charge in [0.15, 0.2) is 5.76 Å². The van der Waals surface area contributed by atoms with Gasteiger partial charge in [0.1, 0.15) is 17.9 Å². The Labute approximate surface area is 163 Å². The third kappa shape index (κ3) is 4.81. The van der Waals surface area contributed by atoms with Gasteiger partial charge >= 0.3 is 0 Å². The first-order valence-electron chi connectivity index (χ1n) is 8.77. The Hall–Kier alpha value is -2.50. The minimum Gasteiger partial charge on any atom is -0.492 e. The van der Waals surface area contributed by atoms with Crippen molar-refractivity contribution >= 4 is 28.5 Å². The highest BCUT2D eigenvalue weighted by Crippen LogP contribution is 2.27. The lowest BCUT2D eigenvalue weighted by molar-refractivity contribution is 0.0924. The summed E-state index contributed by atoms with van der Waals surface area (Å²) in [4.78, 5) is 14.6. The maximum atomic E-state index is 12.6. The van der Waals surface area contributed by atoms with E-state index >= 15 is 0 Å². The van der Waals surface area contributed by atoms with E-state index in [2.05, 4.69) is 10.2 Å². The van der Waals surface area contributed by atoms with Crippen LogP contribution in [0.15, 0.2) is 46.9 Å². The van der Waals surface area contributed by atoms with Crippen molar-refractivity contribution in [3.8, 4) is 5.75 Å². The summed E-state index contributed by atoms with van der Waals surface area (Å²) in [6, 6.07) is 13.0. The zero-order valence-corrected chi connectivity index (χ0v) is 16.5. The lowest BCUT2D eigenvalue weighted by Gasteiger charge is -2.12. The molecule has 0 saturated heterocycles. The van der Waals surface area contributed by atoms with Crippen LogP contribution in [0.3, 0.4) is 0 Å². The number of hydrogen-bond acceptors (Lipinski definition) is 4. The summed E-state index contributed by atoms with van der Waals surface area (Å²) < 4.78 is 11.4. The minimum atomic E-state index is -0.251. The summed E-state index contributed by atoms with van der Waals surface area (Å²) in [6.07, 6.45) is 0. The molecule has 1 heterocycles. The minimum absolute atomic E-state index is 0.251. The lowest BCUT2D eigenvalue weighted by atomic mass is 10.1. The predicted molar refractivity (Wildman–Crippen MR) is 108 cm³/mol. The molecular formula is C21H23ClN2O3. The van der Waals surface area contributed by atoms with Crippen molar-refractivity contribution in [1.82, 2.24) is 10.2 Å². The molecule has 1 amide bonds. The second-order valence-corrected chi connectivity index (χ2v) is 7.11. The van der Waals surface area contributed by atoms with Crippen LogP contribution in [0.5, 0.6) is 5.75 Å². The molecule has 0 aliphatic heterocycles. The number of fused-ring (bicyclic) bond motifs is 1. The second kappa shape index (κ2) is 8.46. The Kier molecular flexibility index (Phi) is 6.04. The molecule has 0 fully saturated rings. The standard InChI is InChI=1S/C21H23ClN2O3/c1-14-18-12-16(22)7-8-19(18)27-20(14)21(25)23-13-15-5-4-6-17(11-15)26-10-9-24(2)3/h4-8,11-12H,9-10,13H2,1-3H3,(H,23,25). The van der Waals surface area contributed by atoms with E-state index in [0.29, 0.717) is 29.5 Å². The Morgan fingerprint density at radius 1 is 1.22 bits per heavy atom. The van der Waals surface area contributed by atoms with E-state index in [0.717, 1.165) is 28.8 Å². The highest BCUT2D eigenvalue weighted by molar-refractivity contribution is 6.31. The maximum Gasteiger partial charge on any atom is 0.287 e. The fraction of sp³-hybridized carbons (Fsp3) is 0.286. The van der Waals surface area contributed by atoms with E-state index in [4.69, 9.17) is 20.8 Å². The fourth-order valence-corrected chi connectivity index (χ4v) is 2.94. The maximum absolute atomic E-state index is 12.6. The molecule has 27 heavy (non-hydrogen) atoms. The van der Waals surface area contributed by atoms with Crippen LogP contribution in [-0.4, -0.2) is 38.1 Å². The van der Waals surface area contributed by atoms with Crippen LogP contribution in [0.25, 0.3) is 11.0 Å². The first-order valence-corrected chi connectivity index (χ1v) is 9.15. The number of nitrogens with one attached hydrogen (secondary N) is 1. The Morgan fingerprint density at radius 2 is 2.04 bits per heavy atom. The van der Waals surface area contributed by atoms with Crippen molar-refractivity contribution in [3.63, 3.8) is 0 Å². The van der Waals surface area contributed by atoms with Crippen molar-refractivity contribution < 1.29 is 13.9 Å². The molecule has 3 aromatic rings. The summed E-state index contributed by atoms with van der Waals surface area (Å²) in [5, 5.41) is 4.37. The summed E-state index contributed by atoms with van der Waals surface area (Å²) in [6.45, 7) is 3.71. The molecule has 0 aliphatic carbocycles. The van der Waals surface area contributed by atoms with E-state index in [1.54, 1.807) is 18.2 Å². The van der Waals surface area contributed by atoms with Crippen LogP contribution < -0.4 is 10.1 Å². The second-order valence-electron chi connectivity index (χ2n) is 6.68. The molecule has 0 unspecified atom stereocenters. The summed E-state index contributed by atoms with van der Waals surface area (Å²) in [5.74, 6) is 0.850. The largest absolute Gasteiger partial charge is 0.492 e. The summed E-state index contributed by atoms with van der Waals surface area (Å²) >= 11 is 6.03. The number of carbonyl (C=O) groups is 1. The Morgan fingerprint density at radius 3 is 2.81 bits per heavy atom. The van der Waals surface area contributed by atoms with E-state index in [1.165, 1.54) is 0 Å². The summed E-state index contributed by atoms with van der Waals surface area (Å²) in [5.41, 5.74) is 2.40. The number of furan rings is 1. The van der Waals surface area contributed by atoms with Gasteiger partial charge in [-0.3, -0.25) is 4.79 Å². The molecule has 0 spiro atoms. The zero-order chi connectivity index (χ0) is 19.4. The number of benzene rings is 2. The van der Waals surface area contributed by atoms with Crippen molar-refractivity contribution in [1.29, 1.82) is 0 Å². The third-order valence-electron chi connectivity index (χ3n) is 4.26. The van der Waals surface area contributed by atoms with E-state index < -0.39 is 0 Å². The number of nitrogens with zero attached hydrogens (tertiary/aromatic N) is 1. The number of aryl methyl sites for hydroxylation is 1. The number of rotatable bonds is 7. The van der Waals surface area contributed by atoms with Gasteiger partial charge in [-0.1, -0.05) is 23.7 Å². The number of likely N-dealkylation sites (N-methyl/N-ethyl adjacent to an activating group) is 1. The number of amides is 1. The summed E-state index contributed by atoms with van der Waals surface area (Å²) in [7, 11) is 4.01. The molecule has 1 aromatic heterocycles. The van der Waals surface area contributed by atoms with Crippen LogP contribution in [0.4, 0.5) is 0 Å². The molecular weight excluding hydrogens is 364 g/mol. The SMILES string of the molecule is Cc1c(C(=O)NCc2cccc(OCCN(C)C)c2)oc2ccc(Cl)cc12. The first kappa shape index (κ1) is 19.3. The van der Waals surface area contributed by atoms with Crippen LogP contribution in [0, 0.1) is 6.92 Å². The molecule has 1 N–H and O–H groups in total. The van der Waals surface area contributed by atoms with Crippen LogP contribution >= 0.6 is 11.6 Å². The van der Waals surface area contributed by atoms with E-state index in [1.807, 2.05) is 45.3 Å². The predicted octanol–water partition coefficient (Wildman–Crippen LogP) is 4.27. The van der Waals surface area contributed by atoms with Crippen molar-refractivity contribution in [2.75, 3.05) is 27.2 Å². The number of hydrogen-bond donors (Lipinski definition) is 1. The smallest absolute Gasteiger partial charge is 0.287 e. The molecule has 6 heteroatoms. The van der Waals surface area contributed by atoms with Crippen molar-refractivity contribution in [2.24, 2.45) is 0 Å². The number of halogens is 1. The van der Waals surface area contributed by atoms with E-state index in [-0.39, 0.29) is 5.91 Å². The molecule has 5 nitrogen and oxygen atoms in total. The first-order chi connectivity index (χ1) is 12.9. The molecule has 2 aromatic carbocycles. The lowest BCUT2D eigenvalue weighted by Crippen LogP contribution is -2.23. The zero-order valence-electron chi connectivity index (χ0n) is 15.7. The molecule has 0 bridgehead atoms. The molecule has 0 aliphatic rings. The van der Waals surface area contributed by atoms with Gasteiger partial charge in [-0.15, -0.1) is 0 Å².